The van der Waals surface area contributed by atoms with E-state index in [1.54, 1.807) is 0 Å². The summed E-state index contributed by atoms with van der Waals surface area (Å²) in [5, 5.41) is 7.12. The quantitative estimate of drug-likeness (QED) is 0.823. The number of aliphatic carboxylic acids is 1. The zero-order chi connectivity index (χ0) is 21.8. The van der Waals surface area contributed by atoms with Crippen LogP contribution < -0.4 is 0 Å². The molecular formula is C21H29F3N2O3. The van der Waals surface area contributed by atoms with Gasteiger partial charge in [0.2, 0.25) is 5.91 Å². The first kappa shape index (κ1) is 23.2. The van der Waals surface area contributed by atoms with Crippen LogP contribution in [0, 0.1) is 12.3 Å². The molecule has 8 heteroatoms. The lowest BCUT2D eigenvalue weighted by Crippen LogP contribution is -2.54. The summed E-state index contributed by atoms with van der Waals surface area (Å²) in [6, 6.07) is 9.08. The lowest BCUT2D eigenvalue weighted by atomic mass is 9.60. The van der Waals surface area contributed by atoms with Gasteiger partial charge in [-0.1, -0.05) is 29.8 Å². The van der Waals surface area contributed by atoms with Crippen LogP contribution in [-0.4, -0.2) is 66.2 Å². The Morgan fingerprint density at radius 2 is 1.62 bits per heavy atom. The summed E-state index contributed by atoms with van der Waals surface area (Å²) in [5.74, 6) is -2.46. The van der Waals surface area contributed by atoms with Crippen molar-refractivity contribution >= 4 is 11.9 Å². The molecule has 2 aliphatic rings. The van der Waals surface area contributed by atoms with E-state index in [9.17, 15) is 18.0 Å². The smallest absolute Gasteiger partial charge is 0.475 e. The molecule has 2 fully saturated rings. The maximum atomic E-state index is 12.5. The monoisotopic (exact) mass is 414 g/mol. The van der Waals surface area contributed by atoms with Gasteiger partial charge in [0.15, 0.2) is 0 Å². The number of hydrogen-bond donors (Lipinski definition) is 1. The molecular weight excluding hydrogens is 385 g/mol. The summed E-state index contributed by atoms with van der Waals surface area (Å²) in [5.41, 5.74) is 2.92. The molecule has 0 aromatic heterocycles. The van der Waals surface area contributed by atoms with Gasteiger partial charge in [0, 0.05) is 19.1 Å². The van der Waals surface area contributed by atoms with Gasteiger partial charge in [-0.25, -0.2) is 4.79 Å². The molecule has 1 saturated carbocycles. The number of nitrogens with zero attached hydrogens (tertiary/aromatic N) is 2. The summed E-state index contributed by atoms with van der Waals surface area (Å²) in [6.07, 6.45) is 0.488. The van der Waals surface area contributed by atoms with E-state index in [2.05, 4.69) is 55.1 Å². The number of rotatable bonds is 3. The lowest BCUT2D eigenvalue weighted by Gasteiger charge is -2.54. The van der Waals surface area contributed by atoms with Crippen molar-refractivity contribution < 1.29 is 27.9 Å². The van der Waals surface area contributed by atoms with Crippen LogP contribution in [0.25, 0.3) is 0 Å². The van der Waals surface area contributed by atoms with Crippen LogP contribution in [0.15, 0.2) is 24.3 Å². The van der Waals surface area contributed by atoms with Crippen LogP contribution in [0.4, 0.5) is 13.2 Å². The van der Waals surface area contributed by atoms with E-state index in [1.807, 2.05) is 0 Å². The molecule has 1 aromatic carbocycles. The van der Waals surface area contributed by atoms with Gasteiger partial charge in [-0.2, -0.15) is 13.2 Å². The molecule has 0 radical (unpaired) electrons. The van der Waals surface area contributed by atoms with Crippen LogP contribution in [0.5, 0.6) is 0 Å². The van der Waals surface area contributed by atoms with Crippen LogP contribution in [0.2, 0.25) is 0 Å². The first-order chi connectivity index (χ1) is 13.4. The molecule has 1 saturated heterocycles. The molecule has 5 nitrogen and oxygen atoms in total. The minimum atomic E-state index is -5.08. The van der Waals surface area contributed by atoms with Gasteiger partial charge in [-0.3, -0.25) is 4.79 Å². The Morgan fingerprint density at radius 3 is 2.03 bits per heavy atom. The zero-order valence-electron chi connectivity index (χ0n) is 17.1. The van der Waals surface area contributed by atoms with Gasteiger partial charge >= 0.3 is 12.1 Å². The topological polar surface area (TPSA) is 60.9 Å². The van der Waals surface area contributed by atoms with E-state index in [-0.39, 0.29) is 0 Å². The van der Waals surface area contributed by atoms with Crippen molar-refractivity contribution in [3.63, 3.8) is 0 Å². The van der Waals surface area contributed by atoms with Crippen molar-refractivity contribution in [2.45, 2.75) is 51.2 Å². The highest BCUT2D eigenvalue weighted by molar-refractivity contribution is 5.78. The Balaban J connectivity index is 0.000000370. The molecule has 0 unspecified atom stereocenters. The normalized spacial score (nSPS) is 18.8. The van der Waals surface area contributed by atoms with Crippen LogP contribution >= 0.6 is 0 Å². The van der Waals surface area contributed by atoms with Crippen LogP contribution in [-0.2, 0) is 16.0 Å². The highest BCUT2D eigenvalue weighted by Gasteiger charge is 2.46. The second-order valence-corrected chi connectivity index (χ2v) is 8.37. The number of benzene rings is 1. The van der Waals surface area contributed by atoms with Crippen molar-refractivity contribution in [2.75, 3.05) is 27.2 Å². The molecule has 0 atom stereocenters. The molecule has 162 valence electrons. The third-order valence-electron chi connectivity index (χ3n) is 5.96. The predicted octanol–water partition coefficient (Wildman–Crippen LogP) is 3.50. The molecule has 1 spiro atoms. The number of likely N-dealkylation sites (tertiary alicyclic amines) is 1. The Kier molecular flexibility index (Phi) is 7.32. The van der Waals surface area contributed by atoms with Crippen molar-refractivity contribution in [1.82, 2.24) is 9.80 Å². The number of carbonyl (C=O) groups excluding carboxylic acids is 1. The summed E-state index contributed by atoms with van der Waals surface area (Å²) < 4.78 is 31.7. The first-order valence-electron chi connectivity index (χ1n) is 9.72. The molecule has 29 heavy (non-hydrogen) atoms. The average molecular weight is 414 g/mol. The Morgan fingerprint density at radius 1 is 1.14 bits per heavy atom. The maximum Gasteiger partial charge on any atom is 0.490 e. The Labute approximate surface area is 169 Å². The van der Waals surface area contributed by atoms with Gasteiger partial charge in [0.25, 0.3) is 0 Å². The van der Waals surface area contributed by atoms with Gasteiger partial charge in [-0.05, 0) is 57.7 Å². The molecule has 1 aromatic rings. The standard InChI is InChI=1S/C19H28N2O.C2HF3O2/c1-15-4-6-16(7-5-15)12-18(22)21-10-8-19(9-11-21)13-17(14-19)20(2)3;3-2(4,5)1(6)7/h4-7,17H,8-14H2,1-3H3;(H,6,7). The minimum Gasteiger partial charge on any atom is -0.475 e. The third kappa shape index (κ3) is 6.45. The largest absolute Gasteiger partial charge is 0.490 e. The van der Waals surface area contributed by atoms with Gasteiger partial charge in [0.1, 0.15) is 0 Å². The SMILES string of the molecule is Cc1ccc(CC(=O)N2CCC3(CC2)CC(N(C)C)C3)cc1.O=C(O)C(F)(F)F. The Hall–Kier alpha value is -2.09. The number of alkyl halides is 3. The van der Waals surface area contributed by atoms with E-state index in [4.69, 9.17) is 9.90 Å². The third-order valence-corrected chi connectivity index (χ3v) is 5.96. The fraction of sp³-hybridized carbons (Fsp3) is 0.619. The van der Waals surface area contributed by atoms with Crippen molar-refractivity contribution in [3.8, 4) is 0 Å². The number of carboxylic acid groups (broad SMARTS) is 1. The van der Waals surface area contributed by atoms with E-state index in [0.29, 0.717) is 17.7 Å². The van der Waals surface area contributed by atoms with Gasteiger partial charge < -0.3 is 14.9 Å². The second-order valence-electron chi connectivity index (χ2n) is 8.37. The molecule has 1 aliphatic carbocycles. The fourth-order valence-corrected chi connectivity index (χ4v) is 3.94. The van der Waals surface area contributed by atoms with Crippen LogP contribution in [0.1, 0.15) is 36.8 Å². The summed E-state index contributed by atoms with van der Waals surface area (Å²) in [4.78, 5) is 25.8. The number of amides is 1. The van der Waals surface area contributed by atoms with Gasteiger partial charge in [0.05, 0.1) is 6.42 Å². The molecule has 1 aliphatic heterocycles. The maximum absolute atomic E-state index is 12.5. The number of hydrogen-bond acceptors (Lipinski definition) is 3. The minimum absolute atomic E-state index is 0.294. The van der Waals surface area contributed by atoms with E-state index >= 15 is 0 Å². The van der Waals surface area contributed by atoms with Crippen molar-refractivity contribution in [2.24, 2.45) is 5.41 Å². The number of carbonyl (C=O) groups is 2. The molecule has 1 amide bonds. The highest BCUT2D eigenvalue weighted by Crippen LogP contribution is 2.50. The second kappa shape index (κ2) is 9.15. The summed E-state index contributed by atoms with van der Waals surface area (Å²) in [6.45, 7) is 3.98. The van der Waals surface area contributed by atoms with E-state index in [0.717, 1.165) is 24.7 Å². The molecule has 1 N–H and O–H groups in total. The van der Waals surface area contributed by atoms with Crippen molar-refractivity contribution in [3.05, 3.63) is 35.4 Å². The van der Waals surface area contributed by atoms with Crippen molar-refractivity contribution in [1.29, 1.82) is 0 Å². The lowest BCUT2D eigenvalue weighted by molar-refractivity contribution is -0.192. The molecule has 1 heterocycles. The fourth-order valence-electron chi connectivity index (χ4n) is 3.94. The summed E-state index contributed by atoms with van der Waals surface area (Å²) >= 11 is 0. The Bertz CT molecular complexity index is 701. The summed E-state index contributed by atoms with van der Waals surface area (Å²) in [7, 11) is 4.36. The first-order valence-corrected chi connectivity index (χ1v) is 9.72. The van der Waals surface area contributed by atoms with E-state index < -0.39 is 12.1 Å². The highest BCUT2D eigenvalue weighted by atomic mass is 19.4. The van der Waals surface area contributed by atoms with E-state index in [1.165, 1.54) is 31.2 Å². The van der Waals surface area contributed by atoms with Gasteiger partial charge in [-0.15, -0.1) is 0 Å². The number of carboxylic acids is 1. The number of aryl methyl sites for hydroxylation is 1. The number of halogens is 3. The average Bonchev–Trinajstić information content (AvgIpc) is 2.61. The zero-order valence-corrected chi connectivity index (χ0v) is 17.1. The molecule has 3 rings (SSSR count). The number of piperidine rings is 1. The van der Waals surface area contributed by atoms with Crippen LogP contribution in [0.3, 0.4) is 0 Å². The molecule has 0 bridgehead atoms. The predicted molar refractivity (Wildman–Crippen MR) is 104 cm³/mol.